The molecule has 1 aliphatic heterocycles. The Morgan fingerprint density at radius 3 is 2.84 bits per heavy atom. The molecule has 0 bridgehead atoms. The maximum atomic E-state index is 15.0. The van der Waals surface area contributed by atoms with Crippen molar-refractivity contribution in [3.63, 3.8) is 0 Å². The first-order valence-electron chi connectivity index (χ1n) is 12.1. The van der Waals surface area contributed by atoms with Gasteiger partial charge in [-0.05, 0) is 29.8 Å². The number of aromatic nitrogens is 6. The molecule has 0 amide bonds. The molecule has 1 aliphatic carbocycles. The lowest BCUT2D eigenvalue weighted by atomic mass is 9.83. The number of allylic oxidation sites excluding steroid dienone is 4. The van der Waals surface area contributed by atoms with E-state index in [0.717, 1.165) is 34.0 Å². The fourth-order valence-electron chi connectivity index (χ4n) is 4.76. The van der Waals surface area contributed by atoms with Gasteiger partial charge in [-0.3, -0.25) is 15.1 Å². The number of fused-ring (bicyclic) bond motifs is 2. The zero-order chi connectivity index (χ0) is 26.4. The smallest absolute Gasteiger partial charge is 0.208 e. The quantitative estimate of drug-likeness (QED) is 0.296. The minimum absolute atomic E-state index is 0.116. The average molecular weight is 533 g/mol. The summed E-state index contributed by atoms with van der Waals surface area (Å²) in [6.07, 6.45) is 11.7. The maximum Gasteiger partial charge on any atom is 0.208 e. The van der Waals surface area contributed by atoms with Crippen LogP contribution in [0.3, 0.4) is 0 Å². The van der Waals surface area contributed by atoms with E-state index >= 15 is 0 Å². The van der Waals surface area contributed by atoms with Crippen molar-refractivity contribution >= 4 is 32.3 Å². The minimum Gasteiger partial charge on any atom is -0.365 e. The number of halogens is 1. The largest absolute Gasteiger partial charge is 0.365 e. The molecule has 38 heavy (non-hydrogen) atoms. The van der Waals surface area contributed by atoms with Crippen molar-refractivity contribution in [3.05, 3.63) is 72.1 Å². The van der Waals surface area contributed by atoms with Gasteiger partial charge in [-0.25, -0.2) is 22.5 Å². The highest BCUT2D eigenvalue weighted by Gasteiger charge is 2.29. The van der Waals surface area contributed by atoms with Gasteiger partial charge >= 0.3 is 0 Å². The molecule has 6 rings (SSSR count). The Kier molecular flexibility index (Phi) is 5.92. The van der Waals surface area contributed by atoms with E-state index in [4.69, 9.17) is 4.98 Å². The number of H-pyrrole nitrogens is 2. The number of nitrogens with zero attached hydrogens (tertiary/aromatic N) is 4. The fraction of sp³-hybridized carbons (Fsp3) is 0.231. The predicted octanol–water partition coefficient (Wildman–Crippen LogP) is 3.81. The Hall–Kier alpha value is -4.16. The Morgan fingerprint density at radius 1 is 1.24 bits per heavy atom. The van der Waals surface area contributed by atoms with Gasteiger partial charge in [0.2, 0.25) is 10.0 Å². The molecule has 4 aromatic rings. The summed E-state index contributed by atoms with van der Waals surface area (Å²) in [4.78, 5) is 16.7. The predicted molar refractivity (Wildman–Crippen MR) is 144 cm³/mol. The highest BCUT2D eigenvalue weighted by atomic mass is 32.2. The molecule has 10 nitrogen and oxygen atoms in total. The van der Waals surface area contributed by atoms with Gasteiger partial charge in [-0.15, -0.1) is 0 Å². The van der Waals surface area contributed by atoms with Crippen molar-refractivity contribution in [1.29, 1.82) is 0 Å². The van der Waals surface area contributed by atoms with Crippen molar-refractivity contribution in [2.24, 2.45) is 11.8 Å². The molecule has 4 N–H and O–H groups in total. The molecule has 2 aliphatic rings. The zero-order valence-corrected chi connectivity index (χ0v) is 21.5. The van der Waals surface area contributed by atoms with E-state index in [2.05, 4.69) is 35.2 Å². The number of anilines is 1. The van der Waals surface area contributed by atoms with Crippen LogP contribution in [-0.4, -0.2) is 57.9 Å². The van der Waals surface area contributed by atoms with Crippen LogP contribution < -0.4 is 10.0 Å². The summed E-state index contributed by atoms with van der Waals surface area (Å²) in [5, 5.41) is 11.6. The van der Waals surface area contributed by atoms with Gasteiger partial charge in [0, 0.05) is 53.8 Å². The number of sulfonamides is 1. The normalized spacial score (nSPS) is 19.4. The molecule has 0 aromatic carbocycles. The average Bonchev–Trinajstić information content (AvgIpc) is 3.53. The van der Waals surface area contributed by atoms with Crippen LogP contribution >= 0.6 is 0 Å². The number of hydrogen-bond acceptors (Lipinski definition) is 7. The van der Waals surface area contributed by atoms with Crippen molar-refractivity contribution in [3.8, 4) is 22.8 Å². The van der Waals surface area contributed by atoms with E-state index in [0.29, 0.717) is 35.1 Å². The summed E-state index contributed by atoms with van der Waals surface area (Å²) in [7, 11) is -3.40. The van der Waals surface area contributed by atoms with Crippen LogP contribution in [0.2, 0.25) is 0 Å². The molecule has 5 heterocycles. The third-order valence-corrected chi connectivity index (χ3v) is 7.54. The van der Waals surface area contributed by atoms with Gasteiger partial charge < -0.3 is 10.3 Å². The van der Waals surface area contributed by atoms with E-state index in [1.807, 2.05) is 30.4 Å². The minimum atomic E-state index is -3.40. The van der Waals surface area contributed by atoms with Gasteiger partial charge in [0.25, 0.3) is 0 Å². The van der Waals surface area contributed by atoms with Gasteiger partial charge in [0.1, 0.15) is 11.5 Å². The number of pyridine rings is 2. The first-order valence-corrected chi connectivity index (χ1v) is 14.0. The summed E-state index contributed by atoms with van der Waals surface area (Å²) in [5.74, 6) is 0.124. The highest BCUT2D eigenvalue weighted by molar-refractivity contribution is 7.88. The maximum absolute atomic E-state index is 15.0. The second kappa shape index (κ2) is 9.30. The molecule has 12 heteroatoms. The number of nitrogens with one attached hydrogen (secondary N) is 4. The van der Waals surface area contributed by atoms with Crippen LogP contribution in [0.25, 0.3) is 39.3 Å². The third-order valence-electron chi connectivity index (χ3n) is 6.85. The van der Waals surface area contributed by atoms with E-state index in [-0.39, 0.29) is 18.3 Å². The lowest BCUT2D eigenvalue weighted by Crippen LogP contribution is -2.31. The van der Waals surface area contributed by atoms with Gasteiger partial charge in [-0.2, -0.15) is 5.10 Å². The molecule has 0 saturated heterocycles. The van der Waals surface area contributed by atoms with E-state index in [1.165, 1.54) is 6.08 Å². The van der Waals surface area contributed by atoms with Crippen molar-refractivity contribution in [2.45, 2.75) is 6.92 Å². The van der Waals surface area contributed by atoms with Crippen LogP contribution in [0.5, 0.6) is 0 Å². The molecular weight excluding hydrogens is 507 g/mol. The standard InChI is InChI=1S/C26H25FN8O2S/c1-14-17(12-31-38(2,36)37)9-16(10-20(14)27)18-5-8-29-25-23(18)32-26(33-25)24-19-11-21(15-3-6-28-7-4-15)30-13-22(19)34-35-24/h3-7,9-11,13-14,17,29,31H,8,12H2,1-2H3,(H,32,33)(H,34,35). The molecule has 0 fully saturated rings. The van der Waals surface area contributed by atoms with E-state index in [9.17, 15) is 12.8 Å². The topological polar surface area (TPSA) is 141 Å². The first-order chi connectivity index (χ1) is 18.3. The summed E-state index contributed by atoms with van der Waals surface area (Å²) in [5.41, 5.74) is 5.31. The molecule has 0 spiro atoms. The molecule has 2 atom stereocenters. The van der Waals surface area contributed by atoms with E-state index < -0.39 is 15.9 Å². The van der Waals surface area contributed by atoms with Gasteiger partial charge in [0.15, 0.2) is 11.6 Å². The molecule has 2 unspecified atom stereocenters. The fourth-order valence-corrected chi connectivity index (χ4v) is 5.25. The Bertz CT molecular complexity index is 1740. The first kappa shape index (κ1) is 24.2. The molecule has 0 saturated carbocycles. The van der Waals surface area contributed by atoms with Crippen LogP contribution in [0.15, 0.2) is 66.4 Å². The second-order valence-electron chi connectivity index (χ2n) is 9.46. The van der Waals surface area contributed by atoms with Crippen LogP contribution in [-0.2, 0) is 10.0 Å². The van der Waals surface area contributed by atoms with Crippen LogP contribution in [0.1, 0.15) is 12.6 Å². The van der Waals surface area contributed by atoms with Crippen LogP contribution in [0, 0.1) is 11.8 Å². The summed E-state index contributed by atoms with van der Waals surface area (Å²) in [6.45, 7) is 2.38. The molecule has 194 valence electrons. The Labute approximate surface area is 218 Å². The molecule has 0 radical (unpaired) electrons. The summed E-state index contributed by atoms with van der Waals surface area (Å²) >= 11 is 0. The number of hydrogen-bond donors (Lipinski definition) is 4. The van der Waals surface area contributed by atoms with E-state index in [1.54, 1.807) is 25.5 Å². The SMILES string of the molecule is CC1C(F)=CC(C2=CCNc3nc(-c4n[nH]c5cnc(-c6ccncc6)cc45)[nH]c32)=CC1CNS(C)(=O)=O. The lowest BCUT2D eigenvalue weighted by molar-refractivity contribution is 0.391. The molecular formula is C26H25FN8O2S. The highest BCUT2D eigenvalue weighted by Crippen LogP contribution is 2.39. The second-order valence-corrected chi connectivity index (χ2v) is 11.3. The molecule has 4 aromatic heterocycles. The van der Waals surface area contributed by atoms with Gasteiger partial charge in [-0.1, -0.05) is 19.1 Å². The van der Waals surface area contributed by atoms with Crippen LogP contribution in [0.4, 0.5) is 10.2 Å². The zero-order valence-electron chi connectivity index (χ0n) is 20.7. The Balaban J connectivity index is 1.37. The monoisotopic (exact) mass is 532 g/mol. The third kappa shape index (κ3) is 4.52. The van der Waals surface area contributed by atoms with Crippen molar-refractivity contribution in [2.75, 3.05) is 24.7 Å². The summed E-state index contributed by atoms with van der Waals surface area (Å²) < 4.78 is 40.7. The van der Waals surface area contributed by atoms with Crippen molar-refractivity contribution in [1.82, 2.24) is 34.9 Å². The van der Waals surface area contributed by atoms with Crippen molar-refractivity contribution < 1.29 is 12.8 Å². The number of rotatable bonds is 6. The summed E-state index contributed by atoms with van der Waals surface area (Å²) in [6, 6.07) is 5.74. The number of aromatic amines is 2. The number of imidazole rings is 1. The Morgan fingerprint density at radius 2 is 2.05 bits per heavy atom. The van der Waals surface area contributed by atoms with Gasteiger partial charge in [0.05, 0.1) is 29.4 Å². The lowest BCUT2D eigenvalue weighted by Gasteiger charge is -2.26.